The minimum Gasteiger partial charge on any atom is -0.390 e. The monoisotopic (exact) mass is 227 g/mol. The number of alkyl halides is 2. The molecule has 1 atom stereocenters. The fourth-order valence-corrected chi connectivity index (χ4v) is 1.46. The van der Waals surface area contributed by atoms with Gasteiger partial charge in [-0.15, -0.1) is 0 Å². The number of nitrogens with zero attached hydrogens (tertiary/aromatic N) is 1. The van der Waals surface area contributed by atoms with E-state index in [4.69, 9.17) is 10.8 Å². The molecular formula is C10H11F2N3O. The minimum atomic E-state index is -3.35. The highest BCUT2D eigenvalue weighted by atomic mass is 19.3. The second-order valence-electron chi connectivity index (χ2n) is 3.58. The molecule has 2 rings (SSSR count). The molecule has 4 nitrogen and oxygen atoms in total. The van der Waals surface area contributed by atoms with Gasteiger partial charge in [0.1, 0.15) is 6.61 Å². The van der Waals surface area contributed by atoms with Crippen molar-refractivity contribution in [1.82, 2.24) is 9.97 Å². The number of nitrogens with one attached hydrogen (secondary N) is 1. The van der Waals surface area contributed by atoms with E-state index in [0.29, 0.717) is 11.0 Å². The van der Waals surface area contributed by atoms with E-state index >= 15 is 0 Å². The van der Waals surface area contributed by atoms with Crippen LogP contribution in [0, 0.1) is 0 Å². The number of H-pyrrole nitrogens is 1. The Morgan fingerprint density at radius 1 is 1.56 bits per heavy atom. The lowest BCUT2D eigenvalue weighted by Crippen LogP contribution is -2.36. The fraction of sp³-hybridized carbons (Fsp3) is 0.300. The Kier molecular flexibility index (Phi) is 2.61. The van der Waals surface area contributed by atoms with Crippen LogP contribution in [-0.4, -0.2) is 27.6 Å². The number of aliphatic hydroxyl groups is 1. The van der Waals surface area contributed by atoms with Crippen LogP contribution < -0.4 is 5.73 Å². The average Bonchev–Trinajstić information content (AvgIpc) is 2.74. The molecule has 0 aliphatic heterocycles. The normalized spacial score (nSPS) is 14.2. The maximum atomic E-state index is 13.1. The minimum absolute atomic E-state index is 0.189. The van der Waals surface area contributed by atoms with Crippen molar-refractivity contribution in [2.45, 2.75) is 12.0 Å². The van der Waals surface area contributed by atoms with Gasteiger partial charge in [-0.3, -0.25) is 4.98 Å². The third-order valence-corrected chi connectivity index (χ3v) is 2.44. The van der Waals surface area contributed by atoms with Crippen LogP contribution in [-0.2, 0) is 0 Å². The summed E-state index contributed by atoms with van der Waals surface area (Å²) in [5.41, 5.74) is 6.89. The topological polar surface area (TPSA) is 74.9 Å². The molecule has 16 heavy (non-hydrogen) atoms. The van der Waals surface area contributed by atoms with E-state index in [0.717, 1.165) is 0 Å². The highest BCUT2D eigenvalue weighted by molar-refractivity contribution is 5.75. The van der Waals surface area contributed by atoms with Crippen LogP contribution in [0.4, 0.5) is 8.78 Å². The number of aromatic nitrogens is 2. The summed E-state index contributed by atoms with van der Waals surface area (Å²) >= 11 is 0. The summed E-state index contributed by atoms with van der Waals surface area (Å²) in [5.74, 6) is -3.35. The van der Waals surface area contributed by atoms with E-state index in [1.165, 1.54) is 12.3 Å². The lowest BCUT2D eigenvalue weighted by molar-refractivity contribution is -0.0712. The first-order valence-electron chi connectivity index (χ1n) is 4.72. The summed E-state index contributed by atoms with van der Waals surface area (Å²) in [4.78, 5) is 6.84. The van der Waals surface area contributed by atoms with Crippen LogP contribution in [0.5, 0.6) is 0 Å². The number of hydrogen-bond acceptors (Lipinski definition) is 3. The molecule has 0 aliphatic carbocycles. The second kappa shape index (κ2) is 3.80. The van der Waals surface area contributed by atoms with Crippen LogP contribution in [0.25, 0.3) is 11.0 Å². The summed E-state index contributed by atoms with van der Waals surface area (Å²) in [6.07, 6.45) is 2.96. The van der Waals surface area contributed by atoms with Crippen LogP contribution in [0.2, 0.25) is 0 Å². The molecule has 2 aromatic heterocycles. The predicted molar refractivity (Wildman–Crippen MR) is 55.1 cm³/mol. The summed E-state index contributed by atoms with van der Waals surface area (Å²) in [6, 6.07) is 1.68. The summed E-state index contributed by atoms with van der Waals surface area (Å²) in [6.45, 7) is -1.28. The molecule has 0 radical (unpaired) electrons. The number of fused-ring (bicyclic) bond motifs is 1. The Hall–Kier alpha value is -1.53. The zero-order chi connectivity index (χ0) is 11.8. The summed E-state index contributed by atoms with van der Waals surface area (Å²) in [7, 11) is 0. The molecule has 1 unspecified atom stereocenters. The van der Waals surface area contributed by atoms with Gasteiger partial charge in [-0.1, -0.05) is 0 Å². The van der Waals surface area contributed by atoms with E-state index < -0.39 is 18.6 Å². The van der Waals surface area contributed by atoms with E-state index in [-0.39, 0.29) is 5.56 Å². The second-order valence-corrected chi connectivity index (χ2v) is 3.58. The number of aliphatic hydroxyl groups excluding tert-OH is 1. The number of nitrogens with two attached hydrogens (primary N) is 1. The first kappa shape index (κ1) is 11.0. The molecule has 0 aliphatic rings. The Balaban J connectivity index is 2.39. The number of halogens is 2. The lowest BCUT2D eigenvalue weighted by Gasteiger charge is -2.21. The quantitative estimate of drug-likeness (QED) is 0.737. The van der Waals surface area contributed by atoms with Gasteiger partial charge in [0.25, 0.3) is 5.92 Å². The largest absolute Gasteiger partial charge is 0.390 e. The predicted octanol–water partition coefficient (Wildman–Crippen LogP) is 1.19. The van der Waals surface area contributed by atoms with E-state index in [2.05, 4.69) is 9.97 Å². The molecule has 0 aromatic carbocycles. The molecule has 2 heterocycles. The molecule has 0 saturated heterocycles. The Morgan fingerprint density at radius 2 is 2.31 bits per heavy atom. The number of rotatable bonds is 3. The number of hydrogen-bond donors (Lipinski definition) is 3. The molecule has 0 bridgehead atoms. The molecule has 6 heteroatoms. The average molecular weight is 227 g/mol. The molecule has 0 fully saturated rings. The third-order valence-electron chi connectivity index (χ3n) is 2.44. The number of pyridine rings is 1. The molecule has 0 spiro atoms. The number of aromatic amines is 1. The summed E-state index contributed by atoms with van der Waals surface area (Å²) < 4.78 is 26.3. The SMILES string of the molecule is NC(c1cnc2cc[nH]c2c1)C(F)(F)CO. The first-order valence-corrected chi connectivity index (χ1v) is 4.72. The van der Waals surface area contributed by atoms with Gasteiger partial charge in [-0.25, -0.2) is 8.78 Å². The van der Waals surface area contributed by atoms with Gasteiger partial charge in [0, 0.05) is 12.4 Å². The van der Waals surface area contributed by atoms with Gasteiger partial charge in [0.2, 0.25) is 0 Å². The van der Waals surface area contributed by atoms with E-state index in [9.17, 15) is 8.78 Å². The van der Waals surface area contributed by atoms with Crippen molar-refractivity contribution in [3.63, 3.8) is 0 Å². The maximum Gasteiger partial charge on any atom is 0.289 e. The lowest BCUT2D eigenvalue weighted by atomic mass is 10.0. The Labute approximate surface area is 90.1 Å². The molecule has 0 amide bonds. The van der Waals surface area contributed by atoms with Crippen LogP contribution in [0.1, 0.15) is 11.6 Å². The van der Waals surface area contributed by atoms with Gasteiger partial charge in [0.15, 0.2) is 0 Å². The highest BCUT2D eigenvalue weighted by Gasteiger charge is 2.37. The van der Waals surface area contributed by atoms with Gasteiger partial charge in [-0.05, 0) is 17.7 Å². The fourth-order valence-electron chi connectivity index (χ4n) is 1.46. The van der Waals surface area contributed by atoms with Crippen molar-refractivity contribution in [2.75, 3.05) is 6.61 Å². The van der Waals surface area contributed by atoms with Gasteiger partial charge >= 0.3 is 0 Å². The first-order chi connectivity index (χ1) is 7.54. The highest BCUT2D eigenvalue weighted by Crippen LogP contribution is 2.29. The van der Waals surface area contributed by atoms with Crippen molar-refractivity contribution in [2.24, 2.45) is 5.73 Å². The molecule has 0 saturated carbocycles. The zero-order valence-corrected chi connectivity index (χ0v) is 8.32. The van der Waals surface area contributed by atoms with Crippen molar-refractivity contribution >= 4 is 11.0 Å². The van der Waals surface area contributed by atoms with E-state index in [1.807, 2.05) is 0 Å². The zero-order valence-electron chi connectivity index (χ0n) is 8.32. The van der Waals surface area contributed by atoms with Crippen LogP contribution in [0.15, 0.2) is 24.5 Å². The van der Waals surface area contributed by atoms with Crippen molar-refractivity contribution < 1.29 is 13.9 Å². The Morgan fingerprint density at radius 3 is 3.00 bits per heavy atom. The van der Waals surface area contributed by atoms with Crippen molar-refractivity contribution in [3.05, 3.63) is 30.1 Å². The third kappa shape index (κ3) is 1.77. The van der Waals surface area contributed by atoms with E-state index in [1.54, 1.807) is 12.3 Å². The molecular weight excluding hydrogens is 216 g/mol. The smallest absolute Gasteiger partial charge is 0.289 e. The van der Waals surface area contributed by atoms with Crippen LogP contribution >= 0.6 is 0 Å². The maximum absolute atomic E-state index is 13.1. The van der Waals surface area contributed by atoms with Crippen LogP contribution in [0.3, 0.4) is 0 Å². The summed E-state index contributed by atoms with van der Waals surface area (Å²) in [5, 5.41) is 8.54. The standard InChI is InChI=1S/C10H11F2N3O/c11-10(12,5-16)9(13)6-3-8-7(15-4-6)1-2-14-8/h1-4,9,14,16H,5,13H2. The van der Waals surface area contributed by atoms with Crippen molar-refractivity contribution in [1.29, 1.82) is 0 Å². The molecule has 4 N–H and O–H groups in total. The molecule has 2 aromatic rings. The van der Waals surface area contributed by atoms with Gasteiger partial charge in [0.05, 0.1) is 17.1 Å². The van der Waals surface area contributed by atoms with Gasteiger partial charge < -0.3 is 15.8 Å². The Bertz CT molecular complexity index is 498. The van der Waals surface area contributed by atoms with Crippen molar-refractivity contribution in [3.8, 4) is 0 Å². The molecule has 86 valence electrons. The van der Waals surface area contributed by atoms with Gasteiger partial charge in [-0.2, -0.15) is 0 Å².